The molecule has 0 amide bonds. The number of hydrogen-bond acceptors (Lipinski definition) is 2. The first-order valence-corrected chi connectivity index (χ1v) is 6.67. The molecule has 0 fully saturated rings. The Kier molecular flexibility index (Phi) is 4.72. The number of aliphatic hydroxyl groups excluding tert-OH is 1. The lowest BCUT2D eigenvalue weighted by atomic mass is 10.1. The first kappa shape index (κ1) is 13.8. The van der Waals surface area contributed by atoms with E-state index < -0.39 is 0 Å². The van der Waals surface area contributed by atoms with E-state index in [1.165, 1.54) is 16.7 Å². The Bertz CT molecular complexity index is 502. The van der Waals surface area contributed by atoms with E-state index in [1.54, 1.807) is 0 Å². The fourth-order valence-corrected chi connectivity index (χ4v) is 2.01. The Morgan fingerprint density at radius 2 is 1.53 bits per heavy atom. The minimum absolute atomic E-state index is 0.105. The number of benzene rings is 2. The summed E-state index contributed by atoms with van der Waals surface area (Å²) in [5, 5.41) is 12.5. The van der Waals surface area contributed by atoms with Gasteiger partial charge >= 0.3 is 0 Å². The van der Waals surface area contributed by atoms with Gasteiger partial charge in [-0.3, -0.25) is 0 Å². The summed E-state index contributed by atoms with van der Waals surface area (Å²) in [7, 11) is 0. The van der Waals surface area contributed by atoms with E-state index in [2.05, 4.69) is 55.6 Å². The summed E-state index contributed by atoms with van der Waals surface area (Å²) in [6.45, 7) is 5.21. The lowest BCUT2D eigenvalue weighted by Gasteiger charge is -2.14. The van der Waals surface area contributed by atoms with Gasteiger partial charge in [0, 0.05) is 12.6 Å². The Balaban J connectivity index is 1.92. The maximum absolute atomic E-state index is 9.00. The topological polar surface area (TPSA) is 32.3 Å². The van der Waals surface area contributed by atoms with Crippen LogP contribution in [0.1, 0.15) is 35.2 Å². The third kappa shape index (κ3) is 3.91. The summed E-state index contributed by atoms with van der Waals surface area (Å²) < 4.78 is 0. The van der Waals surface area contributed by atoms with Crippen molar-refractivity contribution in [1.82, 2.24) is 5.32 Å². The van der Waals surface area contributed by atoms with Crippen LogP contribution in [0.3, 0.4) is 0 Å². The van der Waals surface area contributed by atoms with Crippen LogP contribution in [0.25, 0.3) is 0 Å². The maximum Gasteiger partial charge on any atom is 0.0681 e. The van der Waals surface area contributed by atoms with Gasteiger partial charge in [-0.15, -0.1) is 0 Å². The van der Waals surface area contributed by atoms with Crippen LogP contribution < -0.4 is 5.32 Å². The van der Waals surface area contributed by atoms with Crippen LogP contribution in [0, 0.1) is 6.92 Å². The van der Waals surface area contributed by atoms with Crippen LogP contribution in [-0.4, -0.2) is 5.11 Å². The van der Waals surface area contributed by atoms with Crippen LogP contribution in [0.4, 0.5) is 0 Å². The molecule has 0 unspecified atom stereocenters. The van der Waals surface area contributed by atoms with Crippen molar-refractivity contribution in [3.63, 3.8) is 0 Å². The van der Waals surface area contributed by atoms with Crippen LogP contribution in [-0.2, 0) is 13.2 Å². The SMILES string of the molecule is Cc1ccc([C@H](C)NCc2ccc(CO)cc2)cc1. The zero-order chi connectivity index (χ0) is 13.7. The smallest absolute Gasteiger partial charge is 0.0681 e. The van der Waals surface area contributed by atoms with Gasteiger partial charge in [-0.25, -0.2) is 0 Å². The predicted molar refractivity (Wildman–Crippen MR) is 78.8 cm³/mol. The second-order valence-electron chi connectivity index (χ2n) is 4.99. The zero-order valence-electron chi connectivity index (χ0n) is 11.6. The number of nitrogens with one attached hydrogen (secondary N) is 1. The molecule has 0 aromatic heterocycles. The van der Waals surface area contributed by atoms with E-state index >= 15 is 0 Å². The third-order valence-corrected chi connectivity index (χ3v) is 3.40. The molecule has 0 saturated carbocycles. The van der Waals surface area contributed by atoms with Gasteiger partial charge in [0.05, 0.1) is 6.61 Å². The normalized spacial score (nSPS) is 12.4. The molecule has 0 aliphatic heterocycles. The van der Waals surface area contributed by atoms with Crippen LogP contribution in [0.15, 0.2) is 48.5 Å². The molecule has 0 radical (unpaired) electrons. The average molecular weight is 255 g/mol. The molecule has 1 atom stereocenters. The second kappa shape index (κ2) is 6.50. The lowest BCUT2D eigenvalue weighted by Crippen LogP contribution is -2.18. The first-order chi connectivity index (χ1) is 9.19. The van der Waals surface area contributed by atoms with E-state index in [0.29, 0.717) is 6.04 Å². The highest BCUT2D eigenvalue weighted by molar-refractivity contribution is 5.25. The second-order valence-corrected chi connectivity index (χ2v) is 4.99. The molecule has 2 rings (SSSR count). The van der Waals surface area contributed by atoms with E-state index in [4.69, 9.17) is 5.11 Å². The van der Waals surface area contributed by atoms with Gasteiger partial charge in [0.1, 0.15) is 0 Å². The van der Waals surface area contributed by atoms with E-state index in [9.17, 15) is 0 Å². The monoisotopic (exact) mass is 255 g/mol. The molecule has 0 aliphatic carbocycles. The molecule has 0 saturated heterocycles. The molecule has 2 N–H and O–H groups in total. The lowest BCUT2D eigenvalue weighted by molar-refractivity contribution is 0.282. The summed E-state index contributed by atoms with van der Waals surface area (Å²) >= 11 is 0. The maximum atomic E-state index is 9.00. The fraction of sp³-hybridized carbons (Fsp3) is 0.294. The molecule has 2 heteroatoms. The molecule has 0 heterocycles. The molecule has 2 nitrogen and oxygen atoms in total. The van der Waals surface area contributed by atoms with Crippen molar-refractivity contribution in [3.05, 3.63) is 70.8 Å². The molecule has 19 heavy (non-hydrogen) atoms. The van der Waals surface area contributed by atoms with Gasteiger partial charge in [-0.05, 0) is 30.5 Å². The van der Waals surface area contributed by atoms with E-state index in [-0.39, 0.29) is 6.61 Å². The van der Waals surface area contributed by atoms with Crippen molar-refractivity contribution in [2.45, 2.75) is 33.0 Å². The fourth-order valence-electron chi connectivity index (χ4n) is 2.01. The van der Waals surface area contributed by atoms with Gasteiger partial charge in [0.15, 0.2) is 0 Å². The predicted octanol–water partition coefficient (Wildman–Crippen LogP) is 3.34. The Morgan fingerprint density at radius 3 is 2.11 bits per heavy atom. The number of aryl methyl sites for hydroxylation is 1. The van der Waals surface area contributed by atoms with Gasteiger partial charge < -0.3 is 10.4 Å². The van der Waals surface area contributed by atoms with E-state index in [1.807, 2.05) is 12.1 Å². The van der Waals surface area contributed by atoms with Crippen molar-refractivity contribution in [2.75, 3.05) is 0 Å². The largest absolute Gasteiger partial charge is 0.392 e. The van der Waals surface area contributed by atoms with Crippen LogP contribution in [0.2, 0.25) is 0 Å². The standard InChI is InChI=1S/C17H21NO/c1-13-3-9-17(10-4-13)14(2)18-11-15-5-7-16(12-19)8-6-15/h3-10,14,18-19H,11-12H2,1-2H3/t14-/m0/s1. The molecular formula is C17H21NO. The number of hydrogen-bond donors (Lipinski definition) is 2. The highest BCUT2D eigenvalue weighted by Crippen LogP contribution is 2.14. The highest BCUT2D eigenvalue weighted by atomic mass is 16.3. The highest BCUT2D eigenvalue weighted by Gasteiger charge is 2.04. The summed E-state index contributed by atoms with van der Waals surface area (Å²) in [5.41, 5.74) is 4.78. The summed E-state index contributed by atoms with van der Waals surface area (Å²) in [5.74, 6) is 0. The summed E-state index contributed by atoms with van der Waals surface area (Å²) in [6.07, 6.45) is 0. The molecule has 2 aromatic carbocycles. The third-order valence-electron chi connectivity index (χ3n) is 3.40. The Morgan fingerprint density at radius 1 is 0.947 bits per heavy atom. The van der Waals surface area contributed by atoms with Gasteiger partial charge in [-0.2, -0.15) is 0 Å². The van der Waals surface area contributed by atoms with Crippen molar-refractivity contribution in [2.24, 2.45) is 0 Å². The van der Waals surface area contributed by atoms with E-state index in [0.717, 1.165) is 12.1 Å². The van der Waals surface area contributed by atoms with Gasteiger partial charge in [-0.1, -0.05) is 54.1 Å². The molecule has 0 bridgehead atoms. The molecular weight excluding hydrogens is 234 g/mol. The molecule has 0 aliphatic rings. The average Bonchev–Trinajstić information content (AvgIpc) is 2.46. The zero-order valence-corrected chi connectivity index (χ0v) is 11.6. The summed E-state index contributed by atoms with van der Waals surface area (Å²) in [6, 6.07) is 17.0. The minimum atomic E-state index is 0.105. The van der Waals surface area contributed by atoms with Crippen molar-refractivity contribution < 1.29 is 5.11 Å². The quantitative estimate of drug-likeness (QED) is 0.859. The molecule has 0 spiro atoms. The molecule has 2 aromatic rings. The summed E-state index contributed by atoms with van der Waals surface area (Å²) in [4.78, 5) is 0. The van der Waals surface area contributed by atoms with Gasteiger partial charge in [0.25, 0.3) is 0 Å². The van der Waals surface area contributed by atoms with Crippen LogP contribution >= 0.6 is 0 Å². The Hall–Kier alpha value is -1.64. The molecule has 100 valence electrons. The van der Waals surface area contributed by atoms with Gasteiger partial charge in [0.2, 0.25) is 0 Å². The number of aliphatic hydroxyl groups is 1. The Labute approximate surface area is 115 Å². The van der Waals surface area contributed by atoms with Crippen molar-refractivity contribution >= 4 is 0 Å². The van der Waals surface area contributed by atoms with Crippen LogP contribution in [0.5, 0.6) is 0 Å². The van der Waals surface area contributed by atoms with Crippen molar-refractivity contribution in [3.8, 4) is 0 Å². The first-order valence-electron chi connectivity index (χ1n) is 6.67. The number of rotatable bonds is 5. The minimum Gasteiger partial charge on any atom is -0.392 e. The van der Waals surface area contributed by atoms with Crippen molar-refractivity contribution in [1.29, 1.82) is 0 Å².